The molecule has 0 bridgehead atoms. The molecule has 0 heterocycles. The monoisotopic (exact) mass is 304 g/mol. The van der Waals surface area contributed by atoms with Gasteiger partial charge in [0.25, 0.3) is 10.2 Å². The number of rotatable bonds is 5. The lowest BCUT2D eigenvalue weighted by atomic mass is 9.87. The summed E-state index contributed by atoms with van der Waals surface area (Å²) in [4.78, 5) is 10.7. The minimum absolute atomic E-state index is 0.296. The van der Waals surface area contributed by atoms with E-state index in [4.69, 9.17) is 5.11 Å². The van der Waals surface area contributed by atoms with Gasteiger partial charge in [-0.3, -0.25) is 4.79 Å². The number of alkyl halides is 3. The van der Waals surface area contributed by atoms with E-state index in [0.717, 1.165) is 0 Å². The summed E-state index contributed by atoms with van der Waals surface area (Å²) in [6.45, 7) is -1.63. The minimum Gasteiger partial charge on any atom is -0.481 e. The van der Waals surface area contributed by atoms with E-state index in [1.807, 2.05) is 0 Å². The molecule has 6 nitrogen and oxygen atoms in total. The Labute approximate surface area is 108 Å². The van der Waals surface area contributed by atoms with Crippen LogP contribution in [0.2, 0.25) is 0 Å². The van der Waals surface area contributed by atoms with E-state index in [1.54, 1.807) is 0 Å². The molecule has 0 atom stereocenters. The van der Waals surface area contributed by atoms with Gasteiger partial charge in [0.05, 0.1) is 5.92 Å². The van der Waals surface area contributed by atoms with Crippen LogP contribution in [0, 0.1) is 5.92 Å². The van der Waals surface area contributed by atoms with Gasteiger partial charge in [-0.2, -0.15) is 31.0 Å². The van der Waals surface area contributed by atoms with Crippen molar-refractivity contribution in [3.63, 3.8) is 0 Å². The van der Waals surface area contributed by atoms with Crippen LogP contribution in [-0.2, 0) is 15.0 Å². The van der Waals surface area contributed by atoms with Gasteiger partial charge in [0.15, 0.2) is 0 Å². The lowest BCUT2D eigenvalue weighted by Gasteiger charge is -2.26. The summed E-state index contributed by atoms with van der Waals surface area (Å²) in [5, 5.41) is 8.75. The molecule has 1 fully saturated rings. The number of hydrogen-bond acceptors (Lipinski definition) is 3. The summed E-state index contributed by atoms with van der Waals surface area (Å²) in [6.07, 6.45) is -3.41. The predicted molar refractivity (Wildman–Crippen MR) is 59.5 cm³/mol. The lowest BCUT2D eigenvalue weighted by Crippen LogP contribution is -2.47. The molecule has 0 amide bonds. The fraction of sp³-hybridized carbons (Fsp3) is 0.889. The molecule has 0 unspecified atom stereocenters. The average molecular weight is 304 g/mol. The topological polar surface area (TPSA) is 95.5 Å². The van der Waals surface area contributed by atoms with Crippen molar-refractivity contribution in [3.05, 3.63) is 0 Å². The molecule has 19 heavy (non-hydrogen) atoms. The first-order chi connectivity index (χ1) is 8.59. The number of aliphatic carboxylic acids is 1. The Balaban J connectivity index is 2.41. The number of hydrogen-bond donors (Lipinski definition) is 3. The van der Waals surface area contributed by atoms with Crippen molar-refractivity contribution in [1.82, 2.24) is 9.44 Å². The second kappa shape index (κ2) is 6.06. The predicted octanol–water partition coefficient (Wildman–Crippen LogP) is 0.616. The Kier molecular flexibility index (Phi) is 5.16. The Morgan fingerprint density at radius 1 is 1.21 bits per heavy atom. The maximum Gasteiger partial charge on any atom is 0.402 e. The largest absolute Gasteiger partial charge is 0.481 e. The number of carboxylic acids is 1. The van der Waals surface area contributed by atoms with E-state index in [2.05, 4.69) is 4.72 Å². The molecule has 0 radical (unpaired) electrons. The highest BCUT2D eigenvalue weighted by atomic mass is 32.2. The van der Waals surface area contributed by atoms with Crippen molar-refractivity contribution in [2.24, 2.45) is 5.92 Å². The normalized spacial score (nSPS) is 25.2. The Hall–Kier alpha value is -0.870. The van der Waals surface area contributed by atoms with Crippen molar-refractivity contribution in [2.75, 3.05) is 6.54 Å². The maximum atomic E-state index is 11.9. The van der Waals surface area contributed by atoms with Crippen molar-refractivity contribution in [2.45, 2.75) is 37.9 Å². The molecule has 0 spiro atoms. The zero-order valence-electron chi connectivity index (χ0n) is 9.90. The summed E-state index contributed by atoms with van der Waals surface area (Å²) in [5.41, 5.74) is 0. The van der Waals surface area contributed by atoms with Gasteiger partial charge in [-0.05, 0) is 25.7 Å². The van der Waals surface area contributed by atoms with Crippen LogP contribution < -0.4 is 9.44 Å². The third-order valence-electron chi connectivity index (χ3n) is 2.86. The average Bonchev–Trinajstić information content (AvgIpc) is 2.26. The summed E-state index contributed by atoms with van der Waals surface area (Å²) in [7, 11) is -4.22. The van der Waals surface area contributed by atoms with E-state index < -0.39 is 40.9 Å². The van der Waals surface area contributed by atoms with Crippen LogP contribution >= 0.6 is 0 Å². The van der Waals surface area contributed by atoms with Crippen LogP contribution in [0.4, 0.5) is 13.2 Å². The van der Waals surface area contributed by atoms with Crippen molar-refractivity contribution < 1.29 is 31.5 Å². The van der Waals surface area contributed by atoms with Crippen LogP contribution in [0.25, 0.3) is 0 Å². The Morgan fingerprint density at radius 2 is 1.74 bits per heavy atom. The van der Waals surface area contributed by atoms with Crippen LogP contribution in [0.15, 0.2) is 0 Å². The molecule has 0 aromatic rings. The maximum absolute atomic E-state index is 11.9. The van der Waals surface area contributed by atoms with Gasteiger partial charge in [-0.1, -0.05) is 0 Å². The third-order valence-corrected chi connectivity index (χ3v) is 4.03. The molecule has 10 heteroatoms. The molecule has 0 saturated heterocycles. The second-order valence-corrected chi connectivity index (χ2v) is 5.98. The molecule has 1 saturated carbocycles. The van der Waals surface area contributed by atoms with Crippen molar-refractivity contribution in [3.8, 4) is 0 Å². The fourth-order valence-electron chi connectivity index (χ4n) is 1.90. The van der Waals surface area contributed by atoms with E-state index in [1.165, 1.54) is 4.72 Å². The number of halogens is 3. The van der Waals surface area contributed by atoms with Crippen LogP contribution in [0.3, 0.4) is 0 Å². The molecular formula is C9H15F3N2O4S. The first-order valence-corrected chi connectivity index (χ1v) is 7.14. The van der Waals surface area contributed by atoms with Gasteiger partial charge in [0, 0.05) is 6.04 Å². The molecule has 0 aromatic heterocycles. The zero-order chi connectivity index (χ0) is 14.7. The van der Waals surface area contributed by atoms with E-state index in [9.17, 15) is 26.4 Å². The van der Waals surface area contributed by atoms with Gasteiger partial charge < -0.3 is 5.11 Å². The fourth-order valence-corrected chi connectivity index (χ4v) is 3.01. The van der Waals surface area contributed by atoms with Crippen molar-refractivity contribution >= 4 is 16.2 Å². The number of carbonyl (C=O) groups is 1. The highest BCUT2D eigenvalue weighted by Crippen LogP contribution is 2.24. The Morgan fingerprint density at radius 3 is 2.16 bits per heavy atom. The zero-order valence-corrected chi connectivity index (χ0v) is 10.7. The van der Waals surface area contributed by atoms with Crippen molar-refractivity contribution in [1.29, 1.82) is 0 Å². The van der Waals surface area contributed by atoms with E-state index >= 15 is 0 Å². The SMILES string of the molecule is O=C(O)C1CCC(NS(=O)(=O)NCC(F)(F)F)CC1. The highest BCUT2D eigenvalue weighted by molar-refractivity contribution is 7.87. The van der Waals surface area contributed by atoms with E-state index in [-0.39, 0.29) is 0 Å². The molecule has 112 valence electrons. The molecule has 1 aliphatic carbocycles. The minimum atomic E-state index is -4.62. The molecule has 1 aliphatic rings. The lowest BCUT2D eigenvalue weighted by molar-refractivity contribution is -0.142. The number of nitrogens with one attached hydrogen (secondary N) is 2. The van der Waals surface area contributed by atoms with Crippen LogP contribution in [0.1, 0.15) is 25.7 Å². The molecule has 3 N–H and O–H groups in total. The first-order valence-electron chi connectivity index (χ1n) is 5.65. The smallest absolute Gasteiger partial charge is 0.402 e. The molecular weight excluding hydrogens is 289 g/mol. The Bertz CT molecular complexity index is 416. The summed E-state index contributed by atoms with van der Waals surface area (Å²) in [6, 6.07) is -0.527. The summed E-state index contributed by atoms with van der Waals surface area (Å²) in [5.74, 6) is -1.44. The highest BCUT2D eigenvalue weighted by Gasteiger charge is 2.32. The van der Waals surface area contributed by atoms with Crippen LogP contribution in [0.5, 0.6) is 0 Å². The number of carboxylic acid groups (broad SMARTS) is 1. The van der Waals surface area contributed by atoms with E-state index in [0.29, 0.717) is 25.7 Å². The molecule has 0 aliphatic heterocycles. The summed E-state index contributed by atoms with van der Waals surface area (Å²) < 4.78 is 61.8. The van der Waals surface area contributed by atoms with Gasteiger partial charge in [-0.25, -0.2) is 0 Å². The van der Waals surface area contributed by atoms with Gasteiger partial charge in [0.2, 0.25) is 0 Å². The molecule has 0 aromatic carbocycles. The van der Waals surface area contributed by atoms with Gasteiger partial charge in [0.1, 0.15) is 6.54 Å². The third kappa shape index (κ3) is 6.21. The van der Waals surface area contributed by atoms with Gasteiger partial charge in [-0.15, -0.1) is 0 Å². The molecule has 1 rings (SSSR count). The first kappa shape index (κ1) is 16.2. The summed E-state index contributed by atoms with van der Waals surface area (Å²) >= 11 is 0. The van der Waals surface area contributed by atoms with Gasteiger partial charge >= 0.3 is 12.1 Å². The standard InChI is InChI=1S/C9H15F3N2O4S/c10-9(11,12)5-13-19(17,18)14-7-3-1-6(2-4-7)8(15)16/h6-7,13-14H,1-5H2,(H,15,16). The quantitative estimate of drug-likeness (QED) is 0.693. The van der Waals surface area contributed by atoms with Crippen LogP contribution in [-0.4, -0.2) is 38.3 Å². The second-order valence-electron chi connectivity index (χ2n) is 4.44.